The Morgan fingerprint density at radius 1 is 1.35 bits per heavy atom. The number of carbonyl (C=O) groups excluding carboxylic acids is 1. The topological polar surface area (TPSA) is 46.3 Å². The average Bonchev–Trinajstić information content (AvgIpc) is 3.30. The first kappa shape index (κ1) is 16.1. The lowest BCUT2D eigenvalue weighted by Gasteiger charge is -2.30. The van der Waals surface area contributed by atoms with Gasteiger partial charge >= 0.3 is 0 Å². The predicted octanol–water partition coefficient (Wildman–Crippen LogP) is 4.24. The first-order chi connectivity index (χ1) is 11.0. The number of rotatable bonds is 5. The summed E-state index contributed by atoms with van der Waals surface area (Å²) >= 11 is 5.97. The predicted molar refractivity (Wildman–Crippen MR) is 89.4 cm³/mol. The summed E-state index contributed by atoms with van der Waals surface area (Å²) in [7, 11) is 0. The summed E-state index contributed by atoms with van der Waals surface area (Å²) in [6.45, 7) is 5.81. The lowest BCUT2D eigenvalue weighted by molar-refractivity contribution is -0.133. The van der Waals surface area contributed by atoms with Gasteiger partial charge in [-0.05, 0) is 51.3 Å². The highest BCUT2D eigenvalue weighted by molar-refractivity contribution is 6.30. The van der Waals surface area contributed by atoms with Gasteiger partial charge in [-0.25, -0.2) is 0 Å². The van der Waals surface area contributed by atoms with E-state index in [1.165, 1.54) is 0 Å². The fraction of sp³-hybridized carbons (Fsp3) is 0.444. The number of benzene rings is 1. The number of halogens is 1. The summed E-state index contributed by atoms with van der Waals surface area (Å²) in [6, 6.07) is 8.10. The normalized spacial score (nSPS) is 15.5. The van der Waals surface area contributed by atoms with Crippen molar-refractivity contribution in [2.45, 2.75) is 52.1 Å². The monoisotopic (exact) mass is 332 g/mol. The first-order valence-corrected chi connectivity index (χ1v) is 8.33. The largest absolute Gasteiger partial charge is 0.361 e. The van der Waals surface area contributed by atoms with Crippen LogP contribution >= 0.6 is 11.6 Å². The van der Waals surface area contributed by atoms with Crippen LogP contribution in [-0.4, -0.2) is 22.0 Å². The number of hydrogen-bond donors (Lipinski definition) is 0. The van der Waals surface area contributed by atoms with Crippen LogP contribution in [0.4, 0.5) is 0 Å². The minimum Gasteiger partial charge on any atom is -0.361 e. The summed E-state index contributed by atoms with van der Waals surface area (Å²) in [5.41, 5.74) is 2.81. The maximum absolute atomic E-state index is 12.9. The zero-order valence-electron chi connectivity index (χ0n) is 13.7. The molecule has 1 amide bonds. The Kier molecular flexibility index (Phi) is 4.44. The van der Waals surface area contributed by atoms with Crippen molar-refractivity contribution in [3.8, 4) is 0 Å². The van der Waals surface area contributed by atoms with E-state index < -0.39 is 0 Å². The highest BCUT2D eigenvalue weighted by Gasteiger charge is 2.36. The van der Waals surface area contributed by atoms with Gasteiger partial charge in [0.2, 0.25) is 5.91 Å². The average molecular weight is 333 g/mol. The second kappa shape index (κ2) is 6.36. The molecule has 1 heterocycles. The van der Waals surface area contributed by atoms with Gasteiger partial charge in [-0.3, -0.25) is 4.79 Å². The molecule has 1 saturated carbocycles. The van der Waals surface area contributed by atoms with Gasteiger partial charge in [0.15, 0.2) is 0 Å². The Balaban J connectivity index is 1.81. The third-order valence-electron chi connectivity index (χ3n) is 4.51. The van der Waals surface area contributed by atoms with Crippen LogP contribution in [0.3, 0.4) is 0 Å². The van der Waals surface area contributed by atoms with E-state index in [9.17, 15) is 4.79 Å². The molecule has 1 aromatic heterocycles. The minimum absolute atomic E-state index is 0.0349. The van der Waals surface area contributed by atoms with Crippen LogP contribution in [0, 0.1) is 13.8 Å². The number of hydrogen-bond acceptors (Lipinski definition) is 3. The Hall–Kier alpha value is -1.81. The van der Waals surface area contributed by atoms with E-state index in [4.69, 9.17) is 16.1 Å². The highest BCUT2D eigenvalue weighted by Crippen LogP contribution is 2.35. The molecule has 1 aliphatic rings. The SMILES string of the molecule is Cc1noc(C)c1CC(=O)N(C1CC1)C(C)c1ccc(Cl)cc1. The summed E-state index contributed by atoms with van der Waals surface area (Å²) in [4.78, 5) is 14.9. The Morgan fingerprint density at radius 3 is 2.52 bits per heavy atom. The van der Waals surface area contributed by atoms with Gasteiger partial charge < -0.3 is 9.42 Å². The third kappa shape index (κ3) is 3.42. The maximum Gasteiger partial charge on any atom is 0.227 e. The molecule has 122 valence electrons. The van der Waals surface area contributed by atoms with Crippen molar-refractivity contribution in [3.05, 3.63) is 51.9 Å². The molecule has 5 heteroatoms. The summed E-state index contributed by atoms with van der Waals surface area (Å²) in [5, 5.41) is 4.65. The smallest absolute Gasteiger partial charge is 0.227 e. The van der Waals surface area contributed by atoms with Gasteiger partial charge in [-0.1, -0.05) is 28.9 Å². The van der Waals surface area contributed by atoms with Gasteiger partial charge in [-0.15, -0.1) is 0 Å². The fourth-order valence-corrected chi connectivity index (χ4v) is 3.11. The molecule has 1 unspecified atom stereocenters. The van der Waals surface area contributed by atoms with E-state index in [0.29, 0.717) is 17.5 Å². The molecule has 0 saturated heterocycles. The molecule has 0 aliphatic heterocycles. The molecule has 4 nitrogen and oxygen atoms in total. The number of aryl methyl sites for hydroxylation is 2. The molecule has 0 bridgehead atoms. The van der Waals surface area contributed by atoms with Crippen molar-refractivity contribution in [2.24, 2.45) is 0 Å². The zero-order valence-corrected chi connectivity index (χ0v) is 14.4. The van der Waals surface area contributed by atoms with Crippen LogP contribution in [-0.2, 0) is 11.2 Å². The van der Waals surface area contributed by atoms with E-state index in [0.717, 1.165) is 35.4 Å². The standard InChI is InChI=1S/C18H21ClN2O2/c1-11-17(13(3)23-20-11)10-18(22)21(16-8-9-16)12(2)14-4-6-15(19)7-5-14/h4-7,12,16H,8-10H2,1-3H3. The second-order valence-corrected chi connectivity index (χ2v) is 6.68. The molecule has 1 aromatic carbocycles. The summed E-state index contributed by atoms with van der Waals surface area (Å²) < 4.78 is 5.17. The number of carbonyl (C=O) groups is 1. The van der Waals surface area contributed by atoms with E-state index in [-0.39, 0.29) is 11.9 Å². The van der Waals surface area contributed by atoms with Gasteiger partial charge in [0.1, 0.15) is 5.76 Å². The van der Waals surface area contributed by atoms with Crippen LogP contribution in [0.2, 0.25) is 5.02 Å². The quantitative estimate of drug-likeness (QED) is 0.822. The van der Waals surface area contributed by atoms with Crippen LogP contribution in [0.5, 0.6) is 0 Å². The van der Waals surface area contributed by atoms with Gasteiger partial charge in [0.05, 0.1) is 18.2 Å². The van der Waals surface area contributed by atoms with Gasteiger partial charge in [-0.2, -0.15) is 0 Å². The lowest BCUT2D eigenvalue weighted by Crippen LogP contribution is -2.36. The zero-order chi connectivity index (χ0) is 16.6. The molecule has 0 radical (unpaired) electrons. The fourth-order valence-electron chi connectivity index (χ4n) is 2.99. The lowest BCUT2D eigenvalue weighted by atomic mass is 10.0. The Bertz CT molecular complexity index is 685. The molecule has 2 aromatic rings. The maximum atomic E-state index is 12.9. The van der Waals surface area contributed by atoms with Crippen LogP contribution in [0.25, 0.3) is 0 Å². The van der Waals surface area contributed by atoms with E-state index in [2.05, 4.69) is 12.1 Å². The van der Waals surface area contributed by atoms with Crippen molar-refractivity contribution in [2.75, 3.05) is 0 Å². The molecule has 1 aliphatic carbocycles. The number of nitrogens with zero attached hydrogens (tertiary/aromatic N) is 2. The summed E-state index contributed by atoms with van der Waals surface area (Å²) in [5.74, 6) is 0.857. The first-order valence-electron chi connectivity index (χ1n) is 7.95. The molecule has 1 atom stereocenters. The Morgan fingerprint density at radius 2 is 2.00 bits per heavy atom. The second-order valence-electron chi connectivity index (χ2n) is 6.24. The molecule has 0 spiro atoms. The molecule has 1 fully saturated rings. The highest BCUT2D eigenvalue weighted by atomic mass is 35.5. The molecular formula is C18H21ClN2O2. The molecular weight excluding hydrogens is 312 g/mol. The van der Waals surface area contributed by atoms with Crippen LogP contribution < -0.4 is 0 Å². The van der Waals surface area contributed by atoms with Crippen LogP contribution in [0.15, 0.2) is 28.8 Å². The van der Waals surface area contributed by atoms with Gasteiger partial charge in [0.25, 0.3) is 0 Å². The number of amides is 1. The van der Waals surface area contributed by atoms with Crippen molar-refractivity contribution in [1.82, 2.24) is 10.1 Å². The van der Waals surface area contributed by atoms with Gasteiger partial charge in [0, 0.05) is 16.6 Å². The minimum atomic E-state index is 0.0349. The van der Waals surface area contributed by atoms with Crippen molar-refractivity contribution >= 4 is 17.5 Å². The number of aromatic nitrogens is 1. The molecule has 0 N–H and O–H groups in total. The Labute approximate surface area is 141 Å². The third-order valence-corrected chi connectivity index (χ3v) is 4.76. The molecule has 23 heavy (non-hydrogen) atoms. The summed E-state index contributed by atoms with van der Waals surface area (Å²) in [6.07, 6.45) is 2.49. The van der Waals surface area contributed by atoms with Crippen molar-refractivity contribution < 1.29 is 9.32 Å². The van der Waals surface area contributed by atoms with E-state index in [1.807, 2.05) is 43.0 Å². The van der Waals surface area contributed by atoms with E-state index >= 15 is 0 Å². The molecule has 3 rings (SSSR count). The van der Waals surface area contributed by atoms with E-state index in [1.54, 1.807) is 0 Å². The van der Waals surface area contributed by atoms with Crippen LogP contribution in [0.1, 0.15) is 48.4 Å². The van der Waals surface area contributed by atoms with Crippen molar-refractivity contribution in [3.63, 3.8) is 0 Å². The van der Waals surface area contributed by atoms with Crippen molar-refractivity contribution in [1.29, 1.82) is 0 Å².